The minimum Gasteiger partial charge on any atom is -0.480 e. The van der Waals surface area contributed by atoms with Crippen molar-refractivity contribution in [3.63, 3.8) is 0 Å². The van der Waals surface area contributed by atoms with Gasteiger partial charge in [0.05, 0.1) is 0 Å². The predicted octanol–water partition coefficient (Wildman–Crippen LogP) is 2.65. The highest BCUT2D eigenvalue weighted by Crippen LogP contribution is 2.24. The van der Waals surface area contributed by atoms with Crippen molar-refractivity contribution >= 4 is 5.97 Å². The van der Waals surface area contributed by atoms with Crippen molar-refractivity contribution in [2.75, 3.05) is 6.54 Å². The largest absolute Gasteiger partial charge is 0.480 e. The number of piperidine rings is 1. The number of likely N-dealkylation sites (tertiary alicyclic amines) is 1. The molecule has 1 fully saturated rings. The van der Waals surface area contributed by atoms with Gasteiger partial charge in [-0.25, -0.2) is 8.78 Å². The van der Waals surface area contributed by atoms with Gasteiger partial charge in [0, 0.05) is 12.6 Å². The third-order valence-electron chi connectivity index (χ3n) is 3.57. The van der Waals surface area contributed by atoms with Gasteiger partial charge in [0.15, 0.2) is 0 Å². The van der Waals surface area contributed by atoms with E-state index in [-0.39, 0.29) is 6.54 Å². The van der Waals surface area contributed by atoms with Crippen molar-refractivity contribution < 1.29 is 18.7 Å². The van der Waals surface area contributed by atoms with E-state index in [1.165, 1.54) is 12.1 Å². The molecule has 1 N–H and O–H groups in total. The average Bonchev–Trinajstić information content (AvgIpc) is 2.30. The number of carboxylic acid groups (broad SMARTS) is 1. The molecule has 3 nitrogen and oxygen atoms in total. The zero-order valence-corrected chi connectivity index (χ0v) is 10.8. The molecule has 5 heteroatoms. The van der Waals surface area contributed by atoms with E-state index >= 15 is 0 Å². The third kappa shape index (κ3) is 3.50. The van der Waals surface area contributed by atoms with Gasteiger partial charge in [-0.2, -0.15) is 0 Å². The first-order valence-electron chi connectivity index (χ1n) is 6.37. The minimum atomic E-state index is -0.872. The number of carboxylic acids is 1. The number of aliphatic carboxylic acids is 1. The summed E-state index contributed by atoms with van der Waals surface area (Å²) in [5, 5.41) is 9.22. The van der Waals surface area contributed by atoms with Crippen LogP contribution in [-0.4, -0.2) is 28.6 Å². The van der Waals surface area contributed by atoms with Crippen LogP contribution in [-0.2, 0) is 11.3 Å². The van der Waals surface area contributed by atoms with Crippen molar-refractivity contribution in [2.24, 2.45) is 5.92 Å². The summed E-state index contributed by atoms with van der Waals surface area (Å²) in [5.41, 5.74) is 0.471. The van der Waals surface area contributed by atoms with E-state index in [9.17, 15) is 18.7 Å². The fourth-order valence-corrected chi connectivity index (χ4v) is 2.57. The molecule has 1 aromatic rings. The van der Waals surface area contributed by atoms with Crippen LogP contribution in [0.4, 0.5) is 8.78 Å². The van der Waals surface area contributed by atoms with E-state index in [1.54, 1.807) is 4.90 Å². The lowest BCUT2D eigenvalue weighted by Gasteiger charge is -2.36. The second kappa shape index (κ2) is 5.65. The van der Waals surface area contributed by atoms with Crippen LogP contribution in [0.2, 0.25) is 0 Å². The molecule has 0 aromatic heterocycles. The number of nitrogens with zero attached hydrogens (tertiary/aromatic N) is 1. The maximum Gasteiger partial charge on any atom is 0.320 e. The van der Waals surface area contributed by atoms with Crippen LogP contribution in [0, 0.1) is 17.6 Å². The Hall–Kier alpha value is -1.49. The topological polar surface area (TPSA) is 40.5 Å². The molecule has 19 heavy (non-hydrogen) atoms. The predicted molar refractivity (Wildman–Crippen MR) is 66.6 cm³/mol. The molecule has 2 rings (SSSR count). The van der Waals surface area contributed by atoms with Gasteiger partial charge in [-0.05, 0) is 43.0 Å². The summed E-state index contributed by atoms with van der Waals surface area (Å²) in [7, 11) is 0. The molecule has 0 radical (unpaired) electrons. The Labute approximate surface area is 110 Å². The Kier molecular flexibility index (Phi) is 4.14. The quantitative estimate of drug-likeness (QED) is 0.917. The van der Waals surface area contributed by atoms with Crippen LogP contribution in [0.3, 0.4) is 0 Å². The van der Waals surface area contributed by atoms with Crippen LogP contribution < -0.4 is 0 Å². The summed E-state index contributed by atoms with van der Waals surface area (Å²) in [6, 6.07) is 2.74. The molecule has 1 aliphatic heterocycles. The van der Waals surface area contributed by atoms with Crippen LogP contribution in [0.5, 0.6) is 0 Å². The first-order chi connectivity index (χ1) is 8.95. The van der Waals surface area contributed by atoms with Crippen molar-refractivity contribution in [3.05, 3.63) is 35.4 Å². The number of hydrogen-bond donors (Lipinski definition) is 1. The Morgan fingerprint density at radius 2 is 2.00 bits per heavy atom. The molecule has 104 valence electrons. The van der Waals surface area contributed by atoms with Gasteiger partial charge in [-0.1, -0.05) is 6.92 Å². The summed E-state index contributed by atoms with van der Waals surface area (Å²) in [6.07, 6.45) is 1.48. The van der Waals surface area contributed by atoms with Gasteiger partial charge in [0.1, 0.15) is 17.7 Å². The Balaban J connectivity index is 2.14. The van der Waals surface area contributed by atoms with Crippen LogP contribution >= 0.6 is 0 Å². The molecule has 2 atom stereocenters. The van der Waals surface area contributed by atoms with Gasteiger partial charge >= 0.3 is 5.97 Å². The zero-order valence-electron chi connectivity index (χ0n) is 10.8. The van der Waals surface area contributed by atoms with Crippen molar-refractivity contribution in [3.8, 4) is 0 Å². The van der Waals surface area contributed by atoms with Gasteiger partial charge in [-0.3, -0.25) is 9.69 Å². The van der Waals surface area contributed by atoms with Crippen LogP contribution in [0.1, 0.15) is 25.3 Å². The summed E-state index contributed by atoms with van der Waals surface area (Å²) in [5.74, 6) is -1.77. The maximum atomic E-state index is 13.1. The number of benzene rings is 1. The van der Waals surface area contributed by atoms with E-state index in [0.717, 1.165) is 12.5 Å². The van der Waals surface area contributed by atoms with E-state index in [1.807, 2.05) is 6.92 Å². The first-order valence-corrected chi connectivity index (χ1v) is 6.37. The summed E-state index contributed by atoms with van der Waals surface area (Å²) < 4.78 is 26.3. The smallest absolute Gasteiger partial charge is 0.320 e. The standard InChI is InChI=1S/C14H17F2NO2/c1-9-2-3-17(13(4-9)14(18)19)8-10-5-11(15)7-12(16)6-10/h5-7,9,13H,2-4,8H2,1H3,(H,18,19). The second-order valence-electron chi connectivity index (χ2n) is 5.23. The van der Waals surface area contributed by atoms with E-state index in [0.29, 0.717) is 24.4 Å². The molecule has 2 unspecified atom stereocenters. The molecule has 0 aliphatic carbocycles. The number of carbonyl (C=O) groups is 1. The van der Waals surface area contributed by atoms with E-state index in [4.69, 9.17) is 0 Å². The molecule has 0 saturated carbocycles. The monoisotopic (exact) mass is 269 g/mol. The fourth-order valence-electron chi connectivity index (χ4n) is 2.57. The number of rotatable bonds is 3. The first kappa shape index (κ1) is 13.9. The highest BCUT2D eigenvalue weighted by atomic mass is 19.1. The summed E-state index contributed by atoms with van der Waals surface area (Å²) >= 11 is 0. The minimum absolute atomic E-state index is 0.262. The molecule has 1 saturated heterocycles. The molecule has 1 heterocycles. The van der Waals surface area contributed by atoms with Gasteiger partial charge in [0.25, 0.3) is 0 Å². The van der Waals surface area contributed by atoms with Gasteiger partial charge in [0.2, 0.25) is 0 Å². The molecule has 0 spiro atoms. The molecule has 1 aliphatic rings. The molecular formula is C14H17F2NO2. The molecular weight excluding hydrogens is 252 g/mol. The zero-order chi connectivity index (χ0) is 14.0. The Bertz CT molecular complexity index is 458. The summed E-state index contributed by atoms with van der Waals surface area (Å²) in [4.78, 5) is 13.0. The lowest BCUT2D eigenvalue weighted by Crippen LogP contribution is -2.46. The maximum absolute atomic E-state index is 13.1. The third-order valence-corrected chi connectivity index (χ3v) is 3.57. The SMILES string of the molecule is CC1CCN(Cc2cc(F)cc(F)c2)C(C(=O)O)C1. The van der Waals surface area contributed by atoms with Crippen molar-refractivity contribution in [1.29, 1.82) is 0 Å². The molecule has 0 amide bonds. The number of halogens is 2. The van der Waals surface area contributed by atoms with Gasteiger partial charge < -0.3 is 5.11 Å². The average molecular weight is 269 g/mol. The Morgan fingerprint density at radius 3 is 2.58 bits per heavy atom. The highest BCUT2D eigenvalue weighted by molar-refractivity contribution is 5.73. The van der Waals surface area contributed by atoms with Gasteiger partial charge in [-0.15, -0.1) is 0 Å². The van der Waals surface area contributed by atoms with E-state index < -0.39 is 23.6 Å². The number of hydrogen-bond acceptors (Lipinski definition) is 2. The molecule has 0 bridgehead atoms. The van der Waals surface area contributed by atoms with Crippen LogP contribution in [0.15, 0.2) is 18.2 Å². The lowest BCUT2D eigenvalue weighted by molar-refractivity contribution is -0.145. The fraction of sp³-hybridized carbons (Fsp3) is 0.500. The van der Waals surface area contributed by atoms with Crippen molar-refractivity contribution in [1.82, 2.24) is 4.90 Å². The highest BCUT2D eigenvalue weighted by Gasteiger charge is 2.31. The van der Waals surface area contributed by atoms with E-state index in [2.05, 4.69) is 0 Å². The normalized spacial score (nSPS) is 24.4. The van der Waals surface area contributed by atoms with Crippen LogP contribution in [0.25, 0.3) is 0 Å². The van der Waals surface area contributed by atoms with Crippen molar-refractivity contribution in [2.45, 2.75) is 32.4 Å². The second-order valence-corrected chi connectivity index (χ2v) is 5.23. The Morgan fingerprint density at radius 1 is 1.37 bits per heavy atom. The lowest BCUT2D eigenvalue weighted by atomic mass is 9.92. The summed E-state index contributed by atoms with van der Waals surface area (Å²) in [6.45, 7) is 2.92. The molecule has 1 aromatic carbocycles.